The summed E-state index contributed by atoms with van der Waals surface area (Å²) in [5, 5.41) is 9.87. The molecule has 2 N–H and O–H groups in total. The highest BCUT2D eigenvalue weighted by molar-refractivity contribution is 5.89. The molecule has 0 radical (unpaired) electrons. The fraction of sp³-hybridized carbons (Fsp3) is 0.357. The number of aryl methyl sites for hydroxylation is 2. The van der Waals surface area contributed by atoms with Gasteiger partial charge in [0.15, 0.2) is 12.4 Å². The van der Waals surface area contributed by atoms with Crippen LogP contribution in [-0.4, -0.2) is 13.1 Å². The maximum Gasteiger partial charge on any atom is 0.214 e. The van der Waals surface area contributed by atoms with E-state index < -0.39 is 0 Å². The molecule has 0 aliphatic carbocycles. The van der Waals surface area contributed by atoms with E-state index in [4.69, 9.17) is 0 Å². The molecule has 4 rings (SSSR count). The van der Waals surface area contributed by atoms with Gasteiger partial charge in [-0.1, -0.05) is 49.9 Å². The Hall–Kier alpha value is -1.68. The fourth-order valence-electron chi connectivity index (χ4n) is 4.44. The van der Waals surface area contributed by atoms with Crippen molar-refractivity contribution in [3.63, 3.8) is 0 Å². The Labute approximate surface area is 238 Å². The van der Waals surface area contributed by atoms with E-state index in [-0.39, 0.29) is 48.0 Å². The highest BCUT2D eigenvalue weighted by Gasteiger charge is 2.09. The van der Waals surface area contributed by atoms with E-state index in [2.05, 4.69) is 107 Å². The molecule has 2 aromatic carbocycles. The van der Waals surface area contributed by atoms with Gasteiger partial charge in [-0.15, -0.1) is 0 Å². The molecule has 182 valence electrons. The Kier molecular flexibility index (Phi) is 12.3. The standard InChI is InChI=1S/C28H34N4.2HI/c1-31-21-17-25(23-13-7-9-15-27(23)31)29-19-11-5-3-4-6-12-20-30-26-18-22-32(2)28-16-10-8-14-24(26)28;;/h7-10,13-18,21-22H,3-6,11-12,19-20H2,1-2H3;2*1H. The van der Waals surface area contributed by atoms with Gasteiger partial charge in [-0.3, -0.25) is 0 Å². The molecule has 0 bridgehead atoms. The number of hydrogen-bond donors (Lipinski definition) is 2. The number of anilines is 2. The second-order valence-electron chi connectivity index (χ2n) is 8.69. The van der Waals surface area contributed by atoms with Gasteiger partial charge in [-0.25, -0.2) is 9.13 Å². The third-order valence-corrected chi connectivity index (χ3v) is 6.31. The van der Waals surface area contributed by atoms with Gasteiger partial charge < -0.3 is 58.6 Å². The Balaban J connectivity index is 0.00000204. The summed E-state index contributed by atoms with van der Waals surface area (Å²) >= 11 is 0. The minimum atomic E-state index is 0. The minimum Gasteiger partial charge on any atom is -1.00 e. The van der Waals surface area contributed by atoms with Crippen molar-refractivity contribution >= 4 is 33.2 Å². The summed E-state index contributed by atoms with van der Waals surface area (Å²) in [4.78, 5) is 0. The first-order valence-electron chi connectivity index (χ1n) is 12.0. The van der Waals surface area contributed by atoms with Crippen LogP contribution < -0.4 is 67.7 Å². The van der Waals surface area contributed by atoms with E-state index in [1.165, 1.54) is 71.7 Å². The predicted molar refractivity (Wildman–Crippen MR) is 135 cm³/mol. The van der Waals surface area contributed by atoms with Crippen LogP contribution in [0, 0.1) is 0 Å². The zero-order valence-corrected chi connectivity index (χ0v) is 24.6. The molecule has 0 saturated heterocycles. The van der Waals surface area contributed by atoms with Crippen molar-refractivity contribution in [2.24, 2.45) is 14.1 Å². The van der Waals surface area contributed by atoms with Crippen LogP contribution in [0.2, 0.25) is 0 Å². The summed E-state index contributed by atoms with van der Waals surface area (Å²) in [6, 6.07) is 21.5. The number of rotatable bonds is 11. The number of benzene rings is 2. The number of fused-ring (bicyclic) bond motifs is 2. The Morgan fingerprint density at radius 2 is 0.912 bits per heavy atom. The van der Waals surface area contributed by atoms with E-state index in [0.717, 1.165) is 13.1 Å². The molecule has 4 aromatic rings. The fourth-order valence-corrected chi connectivity index (χ4v) is 4.44. The van der Waals surface area contributed by atoms with Crippen molar-refractivity contribution in [1.82, 2.24) is 0 Å². The highest BCUT2D eigenvalue weighted by atomic mass is 127. The Morgan fingerprint density at radius 3 is 1.35 bits per heavy atom. The molecule has 0 aliphatic heterocycles. The van der Waals surface area contributed by atoms with Gasteiger partial charge in [0.25, 0.3) is 0 Å². The van der Waals surface area contributed by atoms with Crippen molar-refractivity contribution in [3.05, 3.63) is 73.1 Å². The number of para-hydroxylation sites is 2. The van der Waals surface area contributed by atoms with Crippen molar-refractivity contribution in [2.75, 3.05) is 23.7 Å². The molecular weight excluding hydrogens is 646 g/mol. The normalized spacial score (nSPS) is 10.5. The number of nitrogens with zero attached hydrogens (tertiary/aromatic N) is 2. The molecule has 34 heavy (non-hydrogen) atoms. The van der Waals surface area contributed by atoms with Gasteiger partial charge in [0.05, 0.1) is 22.1 Å². The van der Waals surface area contributed by atoms with Crippen LogP contribution in [0.4, 0.5) is 11.4 Å². The molecule has 0 aliphatic rings. The minimum absolute atomic E-state index is 0. The number of aromatic nitrogens is 2. The van der Waals surface area contributed by atoms with Crippen LogP contribution in [0.25, 0.3) is 21.8 Å². The number of hydrogen-bond acceptors (Lipinski definition) is 2. The van der Waals surface area contributed by atoms with E-state index in [0.29, 0.717) is 0 Å². The van der Waals surface area contributed by atoms with Crippen LogP contribution in [0.15, 0.2) is 73.1 Å². The average Bonchev–Trinajstić information content (AvgIpc) is 2.83. The van der Waals surface area contributed by atoms with Crippen LogP contribution in [-0.2, 0) is 14.1 Å². The molecule has 0 unspecified atom stereocenters. The second kappa shape index (κ2) is 14.7. The number of halogens is 2. The SMILES string of the molecule is C[n+]1ccc(NCCCCCCCCNc2cc[n+](C)c3ccccc23)c2ccccc21.[I-].[I-]. The summed E-state index contributed by atoms with van der Waals surface area (Å²) in [5.74, 6) is 0. The second-order valence-corrected chi connectivity index (χ2v) is 8.69. The molecule has 2 aromatic heterocycles. The molecule has 0 spiro atoms. The number of unbranched alkanes of at least 4 members (excludes halogenated alkanes) is 5. The summed E-state index contributed by atoms with van der Waals surface area (Å²) in [5.41, 5.74) is 5.02. The van der Waals surface area contributed by atoms with E-state index in [1.807, 2.05) is 0 Å². The summed E-state index contributed by atoms with van der Waals surface area (Å²) < 4.78 is 4.35. The zero-order valence-electron chi connectivity index (χ0n) is 20.2. The first-order valence-corrected chi connectivity index (χ1v) is 12.0. The summed E-state index contributed by atoms with van der Waals surface area (Å²) in [6.07, 6.45) is 11.9. The van der Waals surface area contributed by atoms with Gasteiger partial charge in [-0.2, -0.15) is 0 Å². The third kappa shape index (κ3) is 7.41. The topological polar surface area (TPSA) is 31.8 Å². The van der Waals surface area contributed by atoms with Gasteiger partial charge in [0.1, 0.15) is 14.1 Å². The van der Waals surface area contributed by atoms with Gasteiger partial charge in [0, 0.05) is 37.4 Å². The largest absolute Gasteiger partial charge is 1.00 e. The number of pyridine rings is 2. The van der Waals surface area contributed by atoms with E-state index in [1.54, 1.807) is 0 Å². The first kappa shape index (κ1) is 28.6. The van der Waals surface area contributed by atoms with Crippen LogP contribution in [0.1, 0.15) is 38.5 Å². The van der Waals surface area contributed by atoms with Gasteiger partial charge in [-0.05, 0) is 25.0 Å². The van der Waals surface area contributed by atoms with E-state index >= 15 is 0 Å². The summed E-state index contributed by atoms with van der Waals surface area (Å²) in [6.45, 7) is 2.08. The number of nitrogens with one attached hydrogen (secondary N) is 2. The lowest BCUT2D eigenvalue weighted by molar-refractivity contribution is -0.644. The third-order valence-electron chi connectivity index (χ3n) is 6.31. The molecule has 6 heteroatoms. The summed E-state index contributed by atoms with van der Waals surface area (Å²) in [7, 11) is 4.20. The highest BCUT2D eigenvalue weighted by Crippen LogP contribution is 2.21. The van der Waals surface area contributed by atoms with Gasteiger partial charge >= 0.3 is 0 Å². The molecule has 0 atom stereocenters. The molecule has 2 heterocycles. The lowest BCUT2D eigenvalue weighted by atomic mass is 10.1. The first-order chi connectivity index (χ1) is 15.7. The Bertz CT molecular complexity index is 1090. The van der Waals surface area contributed by atoms with Crippen molar-refractivity contribution < 1.29 is 57.1 Å². The van der Waals surface area contributed by atoms with Crippen molar-refractivity contribution in [1.29, 1.82) is 0 Å². The molecular formula is C28H36I2N4. The van der Waals surface area contributed by atoms with E-state index in [9.17, 15) is 0 Å². The average molecular weight is 682 g/mol. The lowest BCUT2D eigenvalue weighted by Crippen LogP contribution is -3.00. The smallest absolute Gasteiger partial charge is 0.214 e. The molecule has 0 amide bonds. The molecule has 4 nitrogen and oxygen atoms in total. The monoisotopic (exact) mass is 682 g/mol. The predicted octanol–water partition coefficient (Wildman–Crippen LogP) is -0.485. The lowest BCUT2D eigenvalue weighted by Gasteiger charge is -2.09. The van der Waals surface area contributed by atoms with Gasteiger partial charge in [0.2, 0.25) is 11.0 Å². The van der Waals surface area contributed by atoms with Crippen LogP contribution in [0.5, 0.6) is 0 Å². The van der Waals surface area contributed by atoms with Crippen LogP contribution in [0.3, 0.4) is 0 Å². The molecule has 0 saturated carbocycles. The quantitative estimate of drug-likeness (QED) is 0.127. The van der Waals surface area contributed by atoms with Crippen molar-refractivity contribution in [2.45, 2.75) is 38.5 Å². The maximum atomic E-state index is 3.64. The maximum absolute atomic E-state index is 3.64. The zero-order chi connectivity index (χ0) is 22.2. The van der Waals surface area contributed by atoms with Crippen LogP contribution >= 0.6 is 0 Å². The molecule has 0 fully saturated rings. The Morgan fingerprint density at radius 1 is 0.529 bits per heavy atom. The van der Waals surface area contributed by atoms with Crippen molar-refractivity contribution in [3.8, 4) is 0 Å².